The van der Waals surface area contributed by atoms with Gasteiger partial charge < -0.3 is 0 Å². The van der Waals surface area contributed by atoms with Gasteiger partial charge >= 0.3 is 0 Å². The summed E-state index contributed by atoms with van der Waals surface area (Å²) in [6, 6.07) is 15.9. The molecule has 17 heavy (non-hydrogen) atoms. The highest BCUT2D eigenvalue weighted by molar-refractivity contribution is 7.98. The van der Waals surface area contributed by atoms with Gasteiger partial charge in [0.15, 0.2) is 0 Å². The van der Waals surface area contributed by atoms with E-state index in [9.17, 15) is 0 Å². The number of hydrogen-bond acceptors (Lipinski definition) is 2. The minimum absolute atomic E-state index is 0.744. The molecular formula is C14H12ClNS. The molecule has 0 aliphatic carbocycles. The second kappa shape index (κ2) is 5.89. The van der Waals surface area contributed by atoms with E-state index in [-0.39, 0.29) is 0 Å². The summed E-state index contributed by atoms with van der Waals surface area (Å²) in [7, 11) is 0. The van der Waals surface area contributed by atoms with Crippen LogP contribution in [0.3, 0.4) is 0 Å². The lowest BCUT2D eigenvalue weighted by Gasteiger charge is -1.96. The molecule has 0 aliphatic heterocycles. The van der Waals surface area contributed by atoms with E-state index < -0.39 is 0 Å². The van der Waals surface area contributed by atoms with Gasteiger partial charge in [0.05, 0.1) is 0 Å². The molecule has 0 aliphatic rings. The normalized spacial score (nSPS) is 10.9. The van der Waals surface area contributed by atoms with Crippen LogP contribution in [-0.2, 0) is 0 Å². The topological polar surface area (TPSA) is 12.4 Å². The van der Waals surface area contributed by atoms with Crippen LogP contribution in [0.5, 0.6) is 0 Å². The van der Waals surface area contributed by atoms with Crippen LogP contribution in [-0.4, -0.2) is 6.21 Å². The van der Waals surface area contributed by atoms with Gasteiger partial charge in [-0.1, -0.05) is 41.4 Å². The molecule has 0 radical (unpaired) electrons. The van der Waals surface area contributed by atoms with Crippen molar-refractivity contribution >= 4 is 29.8 Å². The predicted molar refractivity (Wildman–Crippen MR) is 76.1 cm³/mol. The summed E-state index contributed by atoms with van der Waals surface area (Å²) in [5, 5.41) is 0.744. The van der Waals surface area contributed by atoms with Gasteiger partial charge in [-0.15, -0.1) is 0 Å². The Kier molecular flexibility index (Phi) is 4.24. The fraction of sp³-hybridized carbons (Fsp3) is 0.0714. The van der Waals surface area contributed by atoms with Crippen molar-refractivity contribution in [3.63, 3.8) is 0 Å². The fourth-order valence-corrected chi connectivity index (χ4v) is 1.98. The summed E-state index contributed by atoms with van der Waals surface area (Å²) < 4.78 is 4.32. The summed E-state index contributed by atoms with van der Waals surface area (Å²) in [6.45, 7) is 2.07. The van der Waals surface area contributed by atoms with Gasteiger partial charge in [-0.05, 0) is 36.8 Å². The van der Waals surface area contributed by atoms with E-state index in [4.69, 9.17) is 11.6 Å². The second-order valence-corrected chi connectivity index (χ2v) is 4.99. The largest absolute Gasteiger partial charge is 0.219 e. The zero-order chi connectivity index (χ0) is 12.1. The maximum absolute atomic E-state index is 5.81. The summed E-state index contributed by atoms with van der Waals surface area (Å²) in [5.41, 5.74) is 2.31. The van der Waals surface area contributed by atoms with Crippen LogP contribution >= 0.6 is 23.5 Å². The van der Waals surface area contributed by atoms with Gasteiger partial charge in [0.1, 0.15) is 0 Å². The SMILES string of the molecule is Cc1ccc(S/N=C/c2ccc(Cl)cc2)cc1. The van der Waals surface area contributed by atoms with Crippen LogP contribution in [0.1, 0.15) is 11.1 Å². The quantitative estimate of drug-likeness (QED) is 0.572. The molecule has 3 heteroatoms. The molecule has 0 amide bonds. The molecule has 2 aromatic carbocycles. The lowest BCUT2D eigenvalue weighted by atomic mass is 10.2. The van der Waals surface area contributed by atoms with Gasteiger partial charge in [0.2, 0.25) is 0 Å². The summed E-state index contributed by atoms with van der Waals surface area (Å²) in [4.78, 5) is 1.14. The predicted octanol–water partition coefficient (Wildman–Crippen LogP) is 4.77. The summed E-state index contributed by atoms with van der Waals surface area (Å²) in [5.74, 6) is 0. The summed E-state index contributed by atoms with van der Waals surface area (Å²) >= 11 is 7.27. The first-order valence-electron chi connectivity index (χ1n) is 5.27. The lowest BCUT2D eigenvalue weighted by Crippen LogP contribution is -1.78. The first-order chi connectivity index (χ1) is 8.24. The third-order valence-corrected chi connectivity index (χ3v) is 3.20. The Hall–Kier alpha value is -1.25. The van der Waals surface area contributed by atoms with E-state index >= 15 is 0 Å². The van der Waals surface area contributed by atoms with Crippen LogP contribution in [0.15, 0.2) is 57.8 Å². The van der Waals surface area contributed by atoms with E-state index in [0.717, 1.165) is 15.5 Å². The van der Waals surface area contributed by atoms with Crippen molar-refractivity contribution in [1.29, 1.82) is 0 Å². The Morgan fingerprint density at radius 3 is 2.29 bits per heavy atom. The highest BCUT2D eigenvalue weighted by Gasteiger charge is 1.91. The van der Waals surface area contributed by atoms with E-state index in [2.05, 4.69) is 35.6 Å². The first-order valence-corrected chi connectivity index (χ1v) is 6.42. The highest BCUT2D eigenvalue weighted by atomic mass is 35.5. The molecule has 0 spiro atoms. The van der Waals surface area contributed by atoms with E-state index in [1.165, 1.54) is 17.5 Å². The standard InChI is InChI=1S/C14H12ClNS/c1-11-2-8-14(9-3-11)17-16-10-12-4-6-13(15)7-5-12/h2-10H,1H3/b16-10+. The first kappa shape index (κ1) is 12.2. The zero-order valence-electron chi connectivity index (χ0n) is 9.43. The third kappa shape index (κ3) is 3.91. The maximum Gasteiger partial charge on any atom is 0.0428 e. The van der Waals surface area contributed by atoms with Crippen LogP contribution < -0.4 is 0 Å². The van der Waals surface area contributed by atoms with Crippen molar-refractivity contribution in [2.24, 2.45) is 4.40 Å². The van der Waals surface area contributed by atoms with Crippen LogP contribution in [0, 0.1) is 6.92 Å². The van der Waals surface area contributed by atoms with Crippen molar-refractivity contribution in [3.8, 4) is 0 Å². The molecular weight excluding hydrogens is 250 g/mol. The van der Waals surface area contributed by atoms with Crippen LogP contribution in [0.2, 0.25) is 5.02 Å². The number of halogens is 1. The summed E-state index contributed by atoms with van der Waals surface area (Å²) in [6.07, 6.45) is 1.83. The number of hydrogen-bond donors (Lipinski definition) is 0. The monoisotopic (exact) mass is 261 g/mol. The lowest BCUT2D eigenvalue weighted by molar-refractivity contribution is 1.38. The molecule has 86 valence electrons. The van der Waals surface area contributed by atoms with E-state index in [1.807, 2.05) is 30.5 Å². The molecule has 2 aromatic rings. The average Bonchev–Trinajstić information content (AvgIpc) is 2.34. The van der Waals surface area contributed by atoms with Gasteiger partial charge in [0, 0.05) is 28.1 Å². The van der Waals surface area contributed by atoms with Crippen molar-refractivity contribution in [1.82, 2.24) is 0 Å². The molecule has 0 heterocycles. The van der Waals surface area contributed by atoms with Crippen molar-refractivity contribution in [2.75, 3.05) is 0 Å². The molecule has 0 aromatic heterocycles. The van der Waals surface area contributed by atoms with E-state index in [1.54, 1.807) is 0 Å². The van der Waals surface area contributed by atoms with Gasteiger partial charge in [-0.3, -0.25) is 0 Å². The Morgan fingerprint density at radius 2 is 1.65 bits per heavy atom. The maximum atomic E-state index is 5.81. The Bertz CT molecular complexity index is 503. The molecule has 0 unspecified atom stereocenters. The molecule has 0 saturated carbocycles. The molecule has 0 atom stereocenters. The van der Waals surface area contributed by atoms with Crippen molar-refractivity contribution in [2.45, 2.75) is 11.8 Å². The van der Waals surface area contributed by atoms with E-state index in [0.29, 0.717) is 0 Å². The Balaban J connectivity index is 1.97. The minimum atomic E-state index is 0.744. The number of nitrogens with zero attached hydrogens (tertiary/aromatic N) is 1. The number of benzene rings is 2. The number of rotatable bonds is 3. The molecule has 0 fully saturated rings. The molecule has 0 bridgehead atoms. The molecule has 2 rings (SSSR count). The van der Waals surface area contributed by atoms with Gasteiger partial charge in [0.25, 0.3) is 0 Å². The van der Waals surface area contributed by atoms with Crippen molar-refractivity contribution in [3.05, 3.63) is 64.7 Å². The minimum Gasteiger partial charge on any atom is -0.219 e. The molecule has 1 nitrogen and oxygen atoms in total. The number of aryl methyl sites for hydroxylation is 1. The Labute approximate surface area is 111 Å². The van der Waals surface area contributed by atoms with Crippen molar-refractivity contribution < 1.29 is 0 Å². The van der Waals surface area contributed by atoms with Crippen LogP contribution in [0.25, 0.3) is 0 Å². The van der Waals surface area contributed by atoms with Gasteiger partial charge in [-0.2, -0.15) is 0 Å². The smallest absolute Gasteiger partial charge is 0.0428 e. The third-order valence-electron chi connectivity index (χ3n) is 2.25. The zero-order valence-corrected chi connectivity index (χ0v) is 11.0. The molecule has 0 saturated heterocycles. The van der Waals surface area contributed by atoms with Gasteiger partial charge in [-0.25, -0.2) is 4.40 Å². The fourth-order valence-electron chi connectivity index (χ4n) is 1.30. The second-order valence-electron chi connectivity index (χ2n) is 3.69. The van der Waals surface area contributed by atoms with Crippen LogP contribution in [0.4, 0.5) is 0 Å². The average molecular weight is 262 g/mol. The molecule has 0 N–H and O–H groups in total. The highest BCUT2D eigenvalue weighted by Crippen LogP contribution is 2.19. The Morgan fingerprint density at radius 1 is 1.00 bits per heavy atom.